The van der Waals surface area contributed by atoms with E-state index in [1.165, 1.54) is 6.33 Å². The van der Waals surface area contributed by atoms with Crippen molar-refractivity contribution in [1.29, 1.82) is 0 Å². The van der Waals surface area contributed by atoms with Crippen molar-refractivity contribution in [1.82, 2.24) is 15.2 Å². The van der Waals surface area contributed by atoms with E-state index in [4.69, 9.17) is 0 Å². The summed E-state index contributed by atoms with van der Waals surface area (Å²) in [5.74, 6) is -0.449. The summed E-state index contributed by atoms with van der Waals surface area (Å²) >= 11 is 0. The van der Waals surface area contributed by atoms with E-state index in [-0.39, 0.29) is 18.9 Å². The highest BCUT2D eigenvalue weighted by atomic mass is 16.5. The number of aliphatic hydroxyl groups excluding tert-OH is 2. The maximum atomic E-state index is 11.0. The van der Waals surface area contributed by atoms with Gasteiger partial charge in [0.1, 0.15) is 12.4 Å². The van der Waals surface area contributed by atoms with Gasteiger partial charge in [-0.15, -0.1) is 0 Å². The van der Waals surface area contributed by atoms with E-state index in [2.05, 4.69) is 19.9 Å². The second-order valence-electron chi connectivity index (χ2n) is 2.89. The lowest BCUT2D eigenvalue weighted by molar-refractivity contribution is -0.147. The minimum atomic E-state index is -1.27. The van der Waals surface area contributed by atoms with Crippen LogP contribution in [0, 0.1) is 0 Å². The lowest BCUT2D eigenvalue weighted by Gasteiger charge is -2.14. The summed E-state index contributed by atoms with van der Waals surface area (Å²) in [4.78, 5) is 14.6. The molecule has 0 spiro atoms. The number of ether oxygens (including phenoxy) is 1. The smallest absolute Gasteiger partial charge is 0.308 e. The zero-order valence-corrected chi connectivity index (χ0v) is 8.25. The zero-order valence-electron chi connectivity index (χ0n) is 8.25. The first-order valence-corrected chi connectivity index (χ1v) is 4.52. The number of carbonyl (C=O) groups is 1. The van der Waals surface area contributed by atoms with Gasteiger partial charge in [-0.2, -0.15) is 5.10 Å². The van der Waals surface area contributed by atoms with Crippen molar-refractivity contribution in [2.45, 2.75) is 25.6 Å². The number of nitrogens with zero attached hydrogens (tertiary/aromatic N) is 2. The highest BCUT2D eigenvalue weighted by Crippen LogP contribution is 2.14. The Balaban J connectivity index is 2.46. The normalized spacial score (nSPS) is 14.6. The Hall–Kier alpha value is -1.47. The fraction of sp³-hybridized carbons (Fsp3) is 0.625. The lowest BCUT2D eigenvalue weighted by atomic mass is 10.1. The van der Waals surface area contributed by atoms with Gasteiger partial charge in [-0.05, 0) is 6.92 Å². The van der Waals surface area contributed by atoms with Gasteiger partial charge in [-0.25, -0.2) is 4.98 Å². The molecular weight excluding hydrogens is 202 g/mol. The summed E-state index contributed by atoms with van der Waals surface area (Å²) in [6, 6.07) is 0. The first-order chi connectivity index (χ1) is 7.15. The molecule has 0 aliphatic rings. The second kappa shape index (κ2) is 5.42. The van der Waals surface area contributed by atoms with Gasteiger partial charge in [0.2, 0.25) is 0 Å². The Morgan fingerprint density at radius 2 is 2.40 bits per heavy atom. The van der Waals surface area contributed by atoms with Gasteiger partial charge in [0.15, 0.2) is 5.82 Å². The van der Waals surface area contributed by atoms with Gasteiger partial charge in [0, 0.05) is 0 Å². The zero-order chi connectivity index (χ0) is 11.3. The van der Waals surface area contributed by atoms with E-state index < -0.39 is 18.2 Å². The van der Waals surface area contributed by atoms with Gasteiger partial charge in [0.05, 0.1) is 19.1 Å². The van der Waals surface area contributed by atoms with Crippen molar-refractivity contribution in [3.63, 3.8) is 0 Å². The SMILES string of the molecule is CCOC(=O)CC(O)C(O)c1ncn[nH]1. The molecule has 0 fully saturated rings. The number of carbonyl (C=O) groups excluding carboxylic acids is 1. The average Bonchev–Trinajstić information content (AvgIpc) is 2.69. The number of nitrogens with one attached hydrogen (secondary N) is 1. The molecule has 0 aliphatic heterocycles. The van der Waals surface area contributed by atoms with Gasteiger partial charge in [-0.3, -0.25) is 9.89 Å². The predicted octanol–water partition coefficient (Wildman–Crippen LogP) is -0.848. The summed E-state index contributed by atoms with van der Waals surface area (Å²) in [5.41, 5.74) is 0. The van der Waals surface area contributed by atoms with Crippen LogP contribution in [0.2, 0.25) is 0 Å². The number of aliphatic hydroxyl groups is 2. The third-order valence-corrected chi connectivity index (χ3v) is 1.76. The van der Waals surface area contributed by atoms with Crippen LogP contribution in [0.4, 0.5) is 0 Å². The molecule has 0 saturated carbocycles. The number of esters is 1. The van der Waals surface area contributed by atoms with Crippen molar-refractivity contribution in [3.8, 4) is 0 Å². The van der Waals surface area contributed by atoms with E-state index in [9.17, 15) is 15.0 Å². The summed E-state index contributed by atoms with van der Waals surface area (Å²) in [6.45, 7) is 1.90. The predicted molar refractivity (Wildman–Crippen MR) is 48.6 cm³/mol. The van der Waals surface area contributed by atoms with E-state index in [1.54, 1.807) is 6.92 Å². The standard InChI is InChI=1S/C8H13N3O4/c1-2-15-6(13)3-5(12)7(14)8-9-4-10-11-8/h4-5,7,12,14H,2-3H2,1H3,(H,9,10,11). The minimum absolute atomic E-state index is 0.117. The number of hydrogen-bond donors (Lipinski definition) is 3. The quantitative estimate of drug-likeness (QED) is 0.552. The number of rotatable bonds is 5. The molecule has 0 radical (unpaired) electrons. The molecule has 84 valence electrons. The molecular formula is C8H13N3O4. The monoisotopic (exact) mass is 215 g/mol. The van der Waals surface area contributed by atoms with Gasteiger partial charge in [0.25, 0.3) is 0 Å². The summed E-state index contributed by atoms with van der Waals surface area (Å²) < 4.78 is 4.62. The van der Waals surface area contributed by atoms with Gasteiger partial charge >= 0.3 is 5.97 Å². The van der Waals surface area contributed by atoms with Crippen LogP contribution in [0.15, 0.2) is 6.33 Å². The van der Waals surface area contributed by atoms with Crippen LogP contribution in [-0.2, 0) is 9.53 Å². The van der Waals surface area contributed by atoms with Gasteiger partial charge in [-0.1, -0.05) is 0 Å². The van der Waals surface area contributed by atoms with Crippen LogP contribution >= 0.6 is 0 Å². The summed E-state index contributed by atoms with van der Waals surface area (Å²) in [6.07, 6.45) is -1.60. The largest absolute Gasteiger partial charge is 0.466 e. The van der Waals surface area contributed by atoms with Crippen LogP contribution in [0.5, 0.6) is 0 Å². The van der Waals surface area contributed by atoms with Crippen LogP contribution < -0.4 is 0 Å². The Labute approximate surface area is 86.1 Å². The number of aromatic nitrogens is 3. The topological polar surface area (TPSA) is 108 Å². The van der Waals surface area contributed by atoms with E-state index in [0.717, 1.165) is 0 Å². The molecule has 2 unspecified atom stereocenters. The Kier molecular flexibility index (Phi) is 4.19. The first-order valence-electron chi connectivity index (χ1n) is 4.52. The van der Waals surface area contributed by atoms with Crippen LogP contribution in [0.1, 0.15) is 25.3 Å². The Morgan fingerprint density at radius 3 is 2.93 bits per heavy atom. The molecule has 0 saturated heterocycles. The van der Waals surface area contributed by atoms with E-state index in [1.807, 2.05) is 0 Å². The molecule has 3 N–H and O–H groups in total. The molecule has 0 amide bonds. The van der Waals surface area contributed by atoms with Crippen LogP contribution in [0.25, 0.3) is 0 Å². The van der Waals surface area contributed by atoms with Crippen molar-refractivity contribution in [3.05, 3.63) is 12.2 Å². The van der Waals surface area contributed by atoms with Crippen LogP contribution in [0.3, 0.4) is 0 Å². The van der Waals surface area contributed by atoms with Crippen molar-refractivity contribution in [2.75, 3.05) is 6.61 Å². The molecule has 7 nitrogen and oxygen atoms in total. The second-order valence-corrected chi connectivity index (χ2v) is 2.89. The molecule has 15 heavy (non-hydrogen) atoms. The van der Waals surface area contributed by atoms with Crippen LogP contribution in [-0.4, -0.2) is 44.1 Å². The highest BCUT2D eigenvalue weighted by molar-refractivity contribution is 5.70. The minimum Gasteiger partial charge on any atom is -0.466 e. The summed E-state index contributed by atoms with van der Waals surface area (Å²) in [7, 11) is 0. The maximum Gasteiger partial charge on any atom is 0.308 e. The fourth-order valence-corrected chi connectivity index (χ4v) is 1.04. The molecule has 1 rings (SSSR count). The lowest BCUT2D eigenvalue weighted by Crippen LogP contribution is -2.24. The number of aromatic amines is 1. The van der Waals surface area contributed by atoms with Gasteiger partial charge < -0.3 is 14.9 Å². The first kappa shape index (κ1) is 11.6. The number of hydrogen-bond acceptors (Lipinski definition) is 6. The molecule has 2 atom stereocenters. The number of H-pyrrole nitrogens is 1. The molecule has 1 aromatic heterocycles. The molecule has 0 aliphatic carbocycles. The average molecular weight is 215 g/mol. The molecule has 1 heterocycles. The molecule has 0 bridgehead atoms. The Morgan fingerprint density at radius 1 is 1.67 bits per heavy atom. The third-order valence-electron chi connectivity index (χ3n) is 1.76. The van der Waals surface area contributed by atoms with E-state index >= 15 is 0 Å². The highest BCUT2D eigenvalue weighted by Gasteiger charge is 2.23. The van der Waals surface area contributed by atoms with Crippen molar-refractivity contribution >= 4 is 5.97 Å². The molecule has 7 heteroatoms. The third kappa shape index (κ3) is 3.30. The molecule has 1 aromatic rings. The van der Waals surface area contributed by atoms with Crippen molar-refractivity contribution in [2.24, 2.45) is 0 Å². The maximum absolute atomic E-state index is 11.0. The summed E-state index contributed by atoms with van der Waals surface area (Å²) in [5, 5.41) is 24.9. The molecule has 0 aromatic carbocycles. The van der Waals surface area contributed by atoms with Crippen molar-refractivity contribution < 1.29 is 19.7 Å². The van der Waals surface area contributed by atoms with E-state index in [0.29, 0.717) is 0 Å². The Bertz CT molecular complexity index is 301. The fourth-order valence-electron chi connectivity index (χ4n) is 1.04.